The van der Waals surface area contributed by atoms with E-state index in [1.54, 1.807) is 0 Å². The molecule has 75 heavy (non-hydrogen) atoms. The van der Waals surface area contributed by atoms with Crippen LogP contribution >= 0.6 is 0 Å². The maximum atomic E-state index is 14.1. The quantitative estimate of drug-likeness (QED) is 0.128. The molecule has 5 aromatic heterocycles. The topological polar surface area (TPSA) is 170 Å². The van der Waals surface area contributed by atoms with Crippen molar-refractivity contribution < 1.29 is 9.59 Å². The van der Waals surface area contributed by atoms with Crippen LogP contribution in [0.5, 0.6) is 0 Å². The summed E-state index contributed by atoms with van der Waals surface area (Å²) in [6, 6.07) is 23.6. The molecule has 0 radical (unpaired) electrons. The molecule has 12 heteroatoms. The van der Waals surface area contributed by atoms with Gasteiger partial charge < -0.3 is 9.97 Å². The van der Waals surface area contributed by atoms with Gasteiger partial charge in [-0.3, -0.25) is 37.9 Å². The van der Waals surface area contributed by atoms with Crippen molar-refractivity contribution in [3.05, 3.63) is 194 Å². The number of aromatic amines is 2. The number of ketones is 2. The van der Waals surface area contributed by atoms with E-state index in [2.05, 4.69) is 109 Å². The van der Waals surface area contributed by atoms with Crippen LogP contribution in [0.4, 0.5) is 0 Å². The molecule has 0 atom stereocenters. The number of fused-ring (bicyclic) bond motifs is 10. The van der Waals surface area contributed by atoms with Gasteiger partial charge >= 0.3 is 0 Å². The molecule has 0 fully saturated rings. The number of hydrogen-bond acceptors (Lipinski definition) is 8. The third kappa shape index (κ3) is 7.72. The highest BCUT2D eigenvalue weighted by Crippen LogP contribution is 2.45. The van der Waals surface area contributed by atoms with Gasteiger partial charge in [0.05, 0.1) is 68.4 Å². The summed E-state index contributed by atoms with van der Waals surface area (Å²) in [7, 11) is 0. The second kappa shape index (κ2) is 18.4. The van der Waals surface area contributed by atoms with Gasteiger partial charge in [-0.15, -0.1) is 0 Å². The molecule has 374 valence electrons. The largest absolute Gasteiger partial charge is 0.354 e. The van der Waals surface area contributed by atoms with Crippen LogP contribution in [0.15, 0.2) is 116 Å². The molecule has 0 saturated carbocycles. The number of aromatic nitrogens is 6. The van der Waals surface area contributed by atoms with Gasteiger partial charge in [-0.25, -0.2) is 9.97 Å². The molecule has 2 aliphatic heterocycles. The molecule has 0 saturated heterocycles. The van der Waals surface area contributed by atoms with Gasteiger partial charge in [0.2, 0.25) is 0 Å². The van der Waals surface area contributed by atoms with E-state index in [4.69, 9.17) is 9.97 Å². The molecule has 12 nitrogen and oxygen atoms in total. The average molecular weight is 993 g/mol. The number of allylic oxidation sites excluding steroid dienone is 8. The van der Waals surface area contributed by atoms with E-state index >= 15 is 0 Å². The predicted octanol–water partition coefficient (Wildman–Crippen LogP) is 11.3. The maximum Gasteiger partial charge on any atom is 0.261 e. The van der Waals surface area contributed by atoms with Gasteiger partial charge in [0.25, 0.3) is 22.2 Å². The minimum atomic E-state index is -0.716. The van der Waals surface area contributed by atoms with E-state index in [-0.39, 0.29) is 33.7 Å². The monoisotopic (exact) mass is 992 g/mol. The predicted molar refractivity (Wildman–Crippen MR) is 302 cm³/mol. The Morgan fingerprint density at radius 3 is 1.39 bits per heavy atom. The summed E-state index contributed by atoms with van der Waals surface area (Å²) in [6.45, 7) is 19.1. The van der Waals surface area contributed by atoms with Crippen LogP contribution in [0.1, 0.15) is 111 Å². The summed E-state index contributed by atoms with van der Waals surface area (Å²) < 4.78 is 1.99. The first kappa shape index (κ1) is 48.6. The fourth-order valence-corrected chi connectivity index (χ4v) is 11.6. The van der Waals surface area contributed by atoms with Crippen LogP contribution in [0.2, 0.25) is 0 Å². The number of carbonyl (C=O) groups is 2. The molecule has 3 aliphatic rings. The van der Waals surface area contributed by atoms with Gasteiger partial charge in [0.15, 0.2) is 11.6 Å². The van der Waals surface area contributed by atoms with Crippen LogP contribution in [0.25, 0.3) is 88.2 Å². The molecule has 2 N–H and O–H groups in total. The number of nitrogens with zero attached hydrogens (tertiary/aromatic N) is 4. The Morgan fingerprint density at radius 1 is 0.493 bits per heavy atom. The van der Waals surface area contributed by atoms with Gasteiger partial charge in [-0.1, -0.05) is 81.8 Å². The molecule has 0 spiro atoms. The Kier molecular flexibility index (Phi) is 11.9. The number of nitrogens with one attached hydrogen (secondary N) is 2. The van der Waals surface area contributed by atoms with Crippen molar-refractivity contribution in [2.45, 2.75) is 101 Å². The zero-order chi connectivity index (χ0) is 52.9. The van der Waals surface area contributed by atoms with Gasteiger partial charge in [0, 0.05) is 27.7 Å². The zero-order valence-electron chi connectivity index (χ0n) is 43.6. The summed E-state index contributed by atoms with van der Waals surface area (Å²) in [5.74, 6) is -0.912. The highest BCUT2D eigenvalue weighted by atomic mass is 16.2. The molecule has 8 bridgehead atoms. The summed E-state index contributed by atoms with van der Waals surface area (Å²) in [6.07, 6.45) is 6.43. The first-order chi connectivity index (χ1) is 36.0. The molecule has 3 aromatic carbocycles. The summed E-state index contributed by atoms with van der Waals surface area (Å²) in [5, 5.41) is -0.0486. The molecule has 1 aliphatic carbocycles. The second-order valence-corrected chi connectivity index (χ2v) is 20.1. The van der Waals surface area contributed by atoms with E-state index in [1.807, 2.05) is 24.3 Å². The smallest absolute Gasteiger partial charge is 0.261 e. The van der Waals surface area contributed by atoms with Crippen molar-refractivity contribution in [2.75, 3.05) is 0 Å². The minimum absolute atomic E-state index is 0.00444. The fraction of sp³-hybridized carbons (Fsp3) is 0.238. The maximum absolute atomic E-state index is 14.1. The Bertz CT molecular complexity index is 4180. The average Bonchev–Trinajstić information content (AvgIpc) is 4.20. The van der Waals surface area contributed by atoms with Crippen LogP contribution in [0.3, 0.4) is 0 Å². The molecule has 0 amide bonds. The normalized spacial score (nSPS) is 13.9. The van der Waals surface area contributed by atoms with Crippen molar-refractivity contribution in [1.29, 1.82) is 0 Å². The van der Waals surface area contributed by atoms with Gasteiger partial charge in [-0.2, -0.15) is 0 Å². The zero-order valence-corrected chi connectivity index (χ0v) is 43.6. The number of carbonyl (C=O) groups excluding carboxylic acids is 2. The van der Waals surface area contributed by atoms with Crippen LogP contribution in [0, 0.1) is 20.8 Å². The highest BCUT2D eigenvalue weighted by Gasteiger charge is 2.28. The van der Waals surface area contributed by atoms with E-state index in [9.17, 15) is 28.8 Å². The Hall–Kier alpha value is -8.64. The Balaban J connectivity index is 1.09. The van der Waals surface area contributed by atoms with Crippen molar-refractivity contribution in [3.8, 4) is 22.3 Å². The molecular formula is C63H56N6O6. The number of H-pyrrole nitrogens is 2. The number of benzene rings is 3. The van der Waals surface area contributed by atoms with E-state index in [0.717, 1.165) is 142 Å². The fourth-order valence-electron chi connectivity index (χ4n) is 11.6. The SMILES string of the molecule is CCC1=C(C)c2cc3[nH]c(c(CC)c3C)c(-c3ccc(Cn4c(=O)c5cc6c(=O)n(CC7=CC(=O)C=CC7=O)c(=O)c6cc5c4=O)cc3)c3[nH]c(cc4nc(c(-c5ccc(C)cc5)c1n2)C(CC)=C4C)c(C)c3CC. The molecule has 8 aromatic rings. The van der Waals surface area contributed by atoms with Gasteiger partial charge in [-0.05, 0) is 164 Å². The summed E-state index contributed by atoms with van der Waals surface area (Å²) in [4.78, 5) is 98.6. The highest BCUT2D eigenvalue weighted by molar-refractivity contribution is 6.17. The molecule has 11 rings (SSSR count). The lowest BCUT2D eigenvalue weighted by molar-refractivity contribution is -0.114. The standard InChI is InChI=1S/C63H56N6O6/c1-10-41-32(6)49-27-51-34(8)43(12-3)58(66-51)55(59-44(13-4)35(9)52(67-59)28-50-33(7)42(11-2)57(65-50)54(56(41)64-49)37-18-14-31(5)15-19-37)38-20-16-36(17-21-38)29-68-60(72)45-25-47-48(26-46(45)61(68)73)63(75)69(62(47)74)30-39-24-40(70)22-23-53(39)71/h14-28,66-67H,10-13,29-30H2,1-9H3. The van der Waals surface area contributed by atoms with Crippen molar-refractivity contribution >= 4 is 77.5 Å². The lowest BCUT2D eigenvalue weighted by Gasteiger charge is -2.12. The van der Waals surface area contributed by atoms with Gasteiger partial charge in [0.1, 0.15) is 0 Å². The summed E-state index contributed by atoms with van der Waals surface area (Å²) >= 11 is 0. The molecule has 0 unspecified atom stereocenters. The lowest BCUT2D eigenvalue weighted by Crippen LogP contribution is -2.28. The molecular weight excluding hydrogens is 937 g/mol. The van der Waals surface area contributed by atoms with E-state index in [1.165, 1.54) is 40.0 Å². The van der Waals surface area contributed by atoms with Crippen molar-refractivity contribution in [3.63, 3.8) is 0 Å². The number of hydrogen-bond donors (Lipinski definition) is 2. The van der Waals surface area contributed by atoms with Crippen LogP contribution in [-0.2, 0) is 35.5 Å². The first-order valence-corrected chi connectivity index (χ1v) is 25.8. The first-order valence-electron chi connectivity index (χ1n) is 25.8. The van der Waals surface area contributed by atoms with Crippen LogP contribution < -0.4 is 22.2 Å². The minimum Gasteiger partial charge on any atom is -0.354 e. The van der Waals surface area contributed by atoms with E-state index < -0.39 is 40.3 Å². The Labute approximate surface area is 431 Å². The molecule has 7 heterocycles. The Morgan fingerprint density at radius 2 is 0.933 bits per heavy atom. The van der Waals surface area contributed by atoms with E-state index in [0.29, 0.717) is 5.56 Å². The third-order valence-corrected chi connectivity index (χ3v) is 15.8. The lowest BCUT2D eigenvalue weighted by atomic mass is 9.91. The second-order valence-electron chi connectivity index (χ2n) is 20.1. The van der Waals surface area contributed by atoms with Crippen molar-refractivity contribution in [2.24, 2.45) is 0 Å². The number of aryl methyl sites for hydroxylation is 5. The summed E-state index contributed by atoms with van der Waals surface area (Å²) in [5.41, 5.74) is 20.2. The van der Waals surface area contributed by atoms with Crippen LogP contribution in [-0.4, -0.2) is 40.6 Å². The van der Waals surface area contributed by atoms with Crippen molar-refractivity contribution in [1.82, 2.24) is 29.1 Å². The number of rotatable bonds is 10. The third-order valence-electron chi connectivity index (χ3n) is 15.8.